The Kier molecular flexibility index (Phi) is 5.05. The van der Waals surface area contributed by atoms with Crippen LogP contribution in [0.25, 0.3) is 0 Å². The van der Waals surface area contributed by atoms with Gasteiger partial charge in [0.1, 0.15) is 0 Å². The van der Waals surface area contributed by atoms with E-state index in [4.69, 9.17) is 0 Å². The first-order valence-corrected chi connectivity index (χ1v) is 5.70. The first kappa shape index (κ1) is 15.6. The van der Waals surface area contributed by atoms with E-state index < -0.39 is 40.7 Å². The highest BCUT2D eigenvalue weighted by Crippen LogP contribution is 2.29. The summed E-state index contributed by atoms with van der Waals surface area (Å²) >= 11 is 0. The lowest BCUT2D eigenvalue weighted by atomic mass is 10.0. The molecule has 0 saturated carbocycles. The lowest BCUT2D eigenvalue weighted by Gasteiger charge is -2.17. The van der Waals surface area contributed by atoms with E-state index >= 15 is 0 Å². The summed E-state index contributed by atoms with van der Waals surface area (Å²) in [5.41, 5.74) is -0.172. The van der Waals surface area contributed by atoms with E-state index in [2.05, 4.69) is 5.32 Å². The number of likely N-dealkylation sites (N-methyl/N-ethyl adjacent to an activating group) is 1. The smallest absolute Gasteiger partial charge is 0.200 e. The van der Waals surface area contributed by atoms with Crippen molar-refractivity contribution in [2.45, 2.75) is 26.8 Å². The van der Waals surface area contributed by atoms with Crippen molar-refractivity contribution in [1.29, 1.82) is 0 Å². The fraction of sp³-hybridized carbons (Fsp3) is 0.385. The Hall–Kier alpha value is -1.43. The van der Waals surface area contributed by atoms with Gasteiger partial charge in [0, 0.05) is 0 Å². The largest absolute Gasteiger partial charge is 0.307 e. The number of allylic oxidation sites excluding steroid dienone is 1. The van der Waals surface area contributed by atoms with Crippen LogP contribution in [-0.2, 0) is 0 Å². The van der Waals surface area contributed by atoms with Crippen molar-refractivity contribution in [3.63, 3.8) is 0 Å². The van der Waals surface area contributed by atoms with Gasteiger partial charge >= 0.3 is 0 Å². The minimum Gasteiger partial charge on any atom is -0.307 e. The second kappa shape index (κ2) is 6.14. The van der Waals surface area contributed by atoms with Crippen LogP contribution < -0.4 is 5.32 Å². The topological polar surface area (TPSA) is 12.0 Å². The van der Waals surface area contributed by atoms with E-state index in [1.165, 1.54) is 6.08 Å². The summed E-state index contributed by atoms with van der Waals surface area (Å²) in [4.78, 5) is 0. The summed E-state index contributed by atoms with van der Waals surface area (Å²) in [7, 11) is 0. The van der Waals surface area contributed by atoms with Crippen molar-refractivity contribution < 1.29 is 22.0 Å². The Morgan fingerprint density at radius 1 is 0.947 bits per heavy atom. The summed E-state index contributed by atoms with van der Waals surface area (Å²) in [6.07, 6.45) is 1.40. The number of hydrogen-bond acceptors (Lipinski definition) is 1. The lowest BCUT2D eigenvalue weighted by molar-refractivity contribution is 0.363. The molecular weight excluding hydrogens is 265 g/mol. The lowest BCUT2D eigenvalue weighted by Crippen LogP contribution is -2.23. The highest BCUT2D eigenvalue weighted by atomic mass is 19.2. The molecule has 1 rings (SSSR count). The summed E-state index contributed by atoms with van der Waals surface area (Å²) in [6.45, 7) is 5.30. The van der Waals surface area contributed by atoms with E-state index in [1.54, 1.807) is 20.8 Å². The van der Waals surface area contributed by atoms with Gasteiger partial charge < -0.3 is 5.32 Å². The van der Waals surface area contributed by atoms with Crippen LogP contribution in [0.15, 0.2) is 11.6 Å². The number of hydrogen-bond donors (Lipinski definition) is 1. The summed E-state index contributed by atoms with van der Waals surface area (Å²) in [5.74, 6) is -9.62. The molecule has 0 fully saturated rings. The summed E-state index contributed by atoms with van der Waals surface area (Å²) in [6, 6.07) is -1.07. The fourth-order valence-corrected chi connectivity index (χ4v) is 1.69. The van der Waals surface area contributed by atoms with Crippen LogP contribution in [-0.4, -0.2) is 6.54 Å². The molecule has 0 radical (unpaired) electrons. The molecule has 0 aliphatic heterocycles. The molecule has 0 amide bonds. The summed E-state index contributed by atoms with van der Waals surface area (Å²) < 4.78 is 66.5. The molecule has 0 heterocycles. The Balaban J connectivity index is 3.51. The van der Waals surface area contributed by atoms with Crippen molar-refractivity contribution in [2.24, 2.45) is 0 Å². The zero-order valence-electron chi connectivity index (χ0n) is 10.8. The van der Waals surface area contributed by atoms with Crippen molar-refractivity contribution in [3.8, 4) is 0 Å². The van der Waals surface area contributed by atoms with Crippen LogP contribution in [0.3, 0.4) is 0 Å². The summed E-state index contributed by atoms with van der Waals surface area (Å²) in [5, 5.41) is 2.67. The highest BCUT2D eigenvalue weighted by Gasteiger charge is 2.29. The quantitative estimate of drug-likeness (QED) is 0.380. The van der Waals surface area contributed by atoms with Crippen LogP contribution >= 0.6 is 0 Å². The average molecular weight is 279 g/mol. The molecule has 0 bridgehead atoms. The Morgan fingerprint density at radius 2 is 1.37 bits per heavy atom. The Labute approximate surface area is 108 Å². The molecule has 19 heavy (non-hydrogen) atoms. The normalized spacial score (nSPS) is 12.4. The van der Waals surface area contributed by atoms with Crippen molar-refractivity contribution in [1.82, 2.24) is 5.32 Å². The predicted octanol–water partition coefficient (Wildman–Crippen LogP) is 4.00. The van der Waals surface area contributed by atoms with Gasteiger partial charge in [0.25, 0.3) is 0 Å². The Bertz CT molecular complexity index is 477. The number of nitrogens with one attached hydrogen (secondary N) is 1. The minimum absolute atomic E-state index is 0.313. The molecule has 1 atom stereocenters. The molecule has 1 nitrogen and oxygen atoms in total. The number of halogens is 5. The van der Waals surface area contributed by atoms with E-state index in [1.807, 2.05) is 0 Å². The molecule has 0 aromatic heterocycles. The van der Waals surface area contributed by atoms with Crippen LogP contribution in [0, 0.1) is 29.1 Å². The molecule has 1 N–H and O–H groups in total. The first-order valence-electron chi connectivity index (χ1n) is 5.70. The van der Waals surface area contributed by atoms with Gasteiger partial charge in [-0.05, 0) is 20.4 Å². The van der Waals surface area contributed by atoms with Gasteiger partial charge in [-0.25, -0.2) is 22.0 Å². The van der Waals surface area contributed by atoms with Gasteiger partial charge in [-0.3, -0.25) is 0 Å². The monoisotopic (exact) mass is 279 g/mol. The number of rotatable bonds is 4. The molecule has 0 aliphatic carbocycles. The van der Waals surface area contributed by atoms with Gasteiger partial charge in [-0.1, -0.05) is 18.6 Å². The van der Waals surface area contributed by atoms with Gasteiger partial charge in [0.05, 0.1) is 11.6 Å². The molecule has 1 aromatic rings. The zero-order valence-corrected chi connectivity index (χ0v) is 10.8. The third-order valence-corrected chi connectivity index (χ3v) is 2.48. The maximum atomic E-state index is 13.6. The maximum absolute atomic E-state index is 13.6. The van der Waals surface area contributed by atoms with Crippen molar-refractivity contribution >= 4 is 0 Å². The zero-order chi connectivity index (χ0) is 14.7. The minimum atomic E-state index is -2.15. The molecule has 1 aromatic carbocycles. The van der Waals surface area contributed by atoms with Gasteiger partial charge in [-0.15, -0.1) is 0 Å². The van der Waals surface area contributed by atoms with Crippen LogP contribution in [0.4, 0.5) is 22.0 Å². The average Bonchev–Trinajstić information content (AvgIpc) is 2.34. The van der Waals surface area contributed by atoms with Crippen molar-refractivity contribution in [2.75, 3.05) is 6.54 Å². The third kappa shape index (κ3) is 3.12. The van der Waals surface area contributed by atoms with Gasteiger partial charge in [0.2, 0.25) is 5.82 Å². The maximum Gasteiger partial charge on any atom is 0.200 e. The highest BCUT2D eigenvalue weighted by molar-refractivity contribution is 5.30. The van der Waals surface area contributed by atoms with E-state index in [0.717, 1.165) is 0 Å². The second-order valence-corrected chi connectivity index (χ2v) is 4.26. The molecule has 0 saturated heterocycles. The molecule has 0 aliphatic rings. The van der Waals surface area contributed by atoms with E-state index in [9.17, 15) is 22.0 Å². The second-order valence-electron chi connectivity index (χ2n) is 4.26. The molecule has 0 spiro atoms. The van der Waals surface area contributed by atoms with Crippen LogP contribution in [0.1, 0.15) is 32.4 Å². The number of benzene rings is 1. The van der Waals surface area contributed by atoms with E-state index in [0.29, 0.717) is 12.1 Å². The third-order valence-electron chi connectivity index (χ3n) is 2.48. The predicted molar refractivity (Wildman–Crippen MR) is 62.1 cm³/mol. The van der Waals surface area contributed by atoms with Crippen LogP contribution in [0.5, 0.6) is 0 Å². The molecule has 1 unspecified atom stereocenters. The SMILES string of the molecule is CCNC(C=C(C)C)c1c(F)c(F)c(F)c(F)c1F. The Morgan fingerprint density at radius 3 is 1.74 bits per heavy atom. The molecule has 6 heteroatoms. The van der Waals surface area contributed by atoms with E-state index in [-0.39, 0.29) is 0 Å². The van der Waals surface area contributed by atoms with Gasteiger partial charge in [0.15, 0.2) is 23.3 Å². The van der Waals surface area contributed by atoms with Crippen molar-refractivity contribution in [3.05, 3.63) is 46.3 Å². The standard InChI is InChI=1S/C13H14F5N/c1-4-19-7(5-6(2)3)8-9(14)11(16)13(18)12(17)10(8)15/h5,7,19H,4H2,1-3H3. The van der Waals surface area contributed by atoms with Crippen LogP contribution in [0.2, 0.25) is 0 Å². The molecular formula is C13H14F5N. The first-order chi connectivity index (χ1) is 8.81. The van der Waals surface area contributed by atoms with Gasteiger partial charge in [-0.2, -0.15) is 0 Å². The fourth-order valence-electron chi connectivity index (χ4n) is 1.69. The molecule has 106 valence electrons.